The van der Waals surface area contributed by atoms with Crippen molar-refractivity contribution in [2.75, 3.05) is 13.1 Å². The van der Waals surface area contributed by atoms with Crippen LogP contribution in [0.1, 0.15) is 22.3 Å². The Morgan fingerprint density at radius 2 is 2.14 bits per heavy atom. The van der Waals surface area contributed by atoms with E-state index < -0.39 is 12.1 Å². The highest BCUT2D eigenvalue weighted by Crippen LogP contribution is 2.19. The Hall–Kier alpha value is -1.89. The van der Waals surface area contributed by atoms with Crippen LogP contribution < -0.4 is 5.32 Å². The molecule has 2 rings (SSSR count). The van der Waals surface area contributed by atoms with Gasteiger partial charge in [-0.25, -0.2) is 4.79 Å². The number of carboxylic acid groups (broad SMARTS) is 1. The maximum absolute atomic E-state index is 12.3. The molecule has 2 amide bonds. The van der Waals surface area contributed by atoms with Crippen molar-refractivity contribution in [1.82, 2.24) is 10.2 Å². The minimum atomic E-state index is -1.08. The van der Waals surface area contributed by atoms with E-state index in [0.717, 1.165) is 14.9 Å². The first-order chi connectivity index (χ1) is 9.90. The second-order valence-corrected chi connectivity index (χ2v) is 5.74. The van der Waals surface area contributed by atoms with E-state index in [1.807, 2.05) is 6.07 Å². The number of amides is 2. The van der Waals surface area contributed by atoms with E-state index in [2.05, 4.69) is 21.2 Å². The van der Waals surface area contributed by atoms with Gasteiger partial charge < -0.3 is 15.3 Å². The molecule has 6 nitrogen and oxygen atoms in total. The molecule has 1 fully saturated rings. The Kier molecular flexibility index (Phi) is 4.62. The van der Waals surface area contributed by atoms with Gasteiger partial charge in [-0.05, 0) is 24.6 Å². The van der Waals surface area contributed by atoms with Gasteiger partial charge in [0.2, 0.25) is 0 Å². The van der Waals surface area contributed by atoms with Gasteiger partial charge in [-0.2, -0.15) is 0 Å². The number of hydrogen-bond donors (Lipinski definition) is 2. The molecule has 0 aromatic heterocycles. The molecule has 1 unspecified atom stereocenters. The fourth-order valence-electron chi connectivity index (χ4n) is 2.22. The largest absolute Gasteiger partial charge is 0.465 e. The molecule has 0 spiro atoms. The molecular formula is C14H15BrN2O4. The Balaban J connectivity index is 2.12. The van der Waals surface area contributed by atoms with Crippen LogP contribution in [0.15, 0.2) is 22.7 Å². The van der Waals surface area contributed by atoms with Crippen molar-refractivity contribution in [3.8, 4) is 0 Å². The summed E-state index contributed by atoms with van der Waals surface area (Å²) in [6, 6.07) is 4.43. The predicted octanol–water partition coefficient (Wildman–Crippen LogP) is 1.81. The predicted molar refractivity (Wildman–Crippen MR) is 79.4 cm³/mol. The molecule has 1 aliphatic heterocycles. The van der Waals surface area contributed by atoms with Crippen molar-refractivity contribution in [2.45, 2.75) is 19.4 Å². The molecule has 7 heteroatoms. The SMILES string of the molecule is Cc1c(Br)cccc1C(=O)NC1CN(C(=O)O)CCC1=O. The van der Waals surface area contributed by atoms with Gasteiger partial charge in [0, 0.05) is 23.0 Å². The van der Waals surface area contributed by atoms with Gasteiger partial charge in [-0.1, -0.05) is 22.0 Å². The van der Waals surface area contributed by atoms with Crippen LogP contribution in [0.5, 0.6) is 0 Å². The van der Waals surface area contributed by atoms with Crippen LogP contribution in [0.2, 0.25) is 0 Å². The number of nitrogens with one attached hydrogen (secondary N) is 1. The number of halogens is 1. The van der Waals surface area contributed by atoms with E-state index in [9.17, 15) is 14.4 Å². The molecule has 21 heavy (non-hydrogen) atoms. The molecule has 0 radical (unpaired) electrons. The zero-order valence-corrected chi connectivity index (χ0v) is 13.0. The summed E-state index contributed by atoms with van der Waals surface area (Å²) in [6.07, 6.45) is -0.963. The summed E-state index contributed by atoms with van der Waals surface area (Å²) in [5.74, 6) is -0.520. The molecule has 112 valence electrons. The monoisotopic (exact) mass is 354 g/mol. The number of rotatable bonds is 2. The second kappa shape index (κ2) is 6.26. The summed E-state index contributed by atoms with van der Waals surface area (Å²) in [4.78, 5) is 36.2. The Bertz CT molecular complexity index is 603. The molecule has 2 N–H and O–H groups in total. The normalized spacial score (nSPS) is 18.5. The summed E-state index contributed by atoms with van der Waals surface area (Å²) < 4.78 is 0.803. The molecular weight excluding hydrogens is 340 g/mol. The standard InChI is InChI=1S/C14H15BrN2O4/c1-8-9(3-2-4-10(8)15)13(19)16-11-7-17(14(20)21)6-5-12(11)18/h2-4,11H,5-7H2,1H3,(H,16,19)(H,20,21). The average molecular weight is 355 g/mol. The molecule has 0 aliphatic carbocycles. The number of likely N-dealkylation sites (tertiary alicyclic amines) is 1. The smallest absolute Gasteiger partial charge is 0.407 e. The van der Waals surface area contributed by atoms with Gasteiger partial charge in [0.25, 0.3) is 5.91 Å². The van der Waals surface area contributed by atoms with Crippen molar-refractivity contribution in [3.05, 3.63) is 33.8 Å². The van der Waals surface area contributed by atoms with E-state index in [1.165, 1.54) is 0 Å². The minimum absolute atomic E-state index is 0.00699. The number of hydrogen-bond acceptors (Lipinski definition) is 3. The highest BCUT2D eigenvalue weighted by atomic mass is 79.9. The third-order valence-electron chi connectivity index (χ3n) is 3.51. The number of piperidine rings is 1. The zero-order chi connectivity index (χ0) is 15.6. The number of benzene rings is 1. The molecule has 1 atom stereocenters. The zero-order valence-electron chi connectivity index (χ0n) is 11.4. The van der Waals surface area contributed by atoms with Crippen LogP contribution in [0.3, 0.4) is 0 Å². The van der Waals surface area contributed by atoms with Crippen molar-refractivity contribution < 1.29 is 19.5 Å². The minimum Gasteiger partial charge on any atom is -0.465 e. The number of ketones is 1. The number of carbonyl (C=O) groups excluding carboxylic acids is 2. The maximum atomic E-state index is 12.3. The van der Waals surface area contributed by atoms with Gasteiger partial charge in [0.15, 0.2) is 5.78 Å². The molecule has 0 saturated carbocycles. The van der Waals surface area contributed by atoms with E-state index in [-0.39, 0.29) is 31.2 Å². The summed E-state index contributed by atoms with van der Waals surface area (Å²) in [5, 5.41) is 11.6. The molecule has 1 aliphatic rings. The molecule has 1 saturated heterocycles. The number of nitrogens with zero attached hydrogens (tertiary/aromatic N) is 1. The summed E-state index contributed by atoms with van der Waals surface area (Å²) in [5.41, 5.74) is 1.23. The van der Waals surface area contributed by atoms with E-state index in [1.54, 1.807) is 19.1 Å². The highest BCUT2D eigenvalue weighted by Gasteiger charge is 2.31. The van der Waals surface area contributed by atoms with Gasteiger partial charge in [0.05, 0.1) is 6.54 Å². The second-order valence-electron chi connectivity index (χ2n) is 4.88. The first-order valence-electron chi connectivity index (χ1n) is 6.46. The summed E-state index contributed by atoms with van der Waals surface area (Å²) in [6.45, 7) is 1.97. The average Bonchev–Trinajstić information content (AvgIpc) is 2.43. The van der Waals surface area contributed by atoms with Crippen LogP contribution >= 0.6 is 15.9 Å². The van der Waals surface area contributed by atoms with E-state index in [4.69, 9.17) is 5.11 Å². The summed E-state index contributed by atoms with van der Waals surface area (Å²) >= 11 is 3.35. The molecule has 1 heterocycles. The van der Waals surface area contributed by atoms with Crippen LogP contribution in [0, 0.1) is 6.92 Å². The van der Waals surface area contributed by atoms with Crippen molar-refractivity contribution in [1.29, 1.82) is 0 Å². The quantitative estimate of drug-likeness (QED) is 0.847. The van der Waals surface area contributed by atoms with Crippen molar-refractivity contribution in [2.24, 2.45) is 0 Å². The number of carbonyl (C=O) groups is 3. The van der Waals surface area contributed by atoms with Gasteiger partial charge in [-0.3, -0.25) is 9.59 Å². The van der Waals surface area contributed by atoms with Gasteiger partial charge in [0.1, 0.15) is 6.04 Å². The lowest BCUT2D eigenvalue weighted by atomic mass is 10.0. The topological polar surface area (TPSA) is 86.7 Å². The maximum Gasteiger partial charge on any atom is 0.407 e. The van der Waals surface area contributed by atoms with E-state index in [0.29, 0.717) is 5.56 Å². The molecule has 1 aromatic rings. The van der Waals surface area contributed by atoms with Gasteiger partial charge in [-0.15, -0.1) is 0 Å². The lowest BCUT2D eigenvalue weighted by molar-refractivity contribution is -0.123. The first kappa shape index (κ1) is 15.5. The van der Waals surface area contributed by atoms with Crippen LogP contribution in [-0.4, -0.2) is 46.9 Å². The van der Waals surface area contributed by atoms with E-state index >= 15 is 0 Å². The third-order valence-corrected chi connectivity index (χ3v) is 4.37. The first-order valence-corrected chi connectivity index (χ1v) is 7.26. The van der Waals surface area contributed by atoms with Crippen LogP contribution in [-0.2, 0) is 4.79 Å². The summed E-state index contributed by atoms with van der Waals surface area (Å²) in [7, 11) is 0. The fourth-order valence-corrected chi connectivity index (χ4v) is 2.59. The van der Waals surface area contributed by atoms with Crippen molar-refractivity contribution in [3.63, 3.8) is 0 Å². The highest BCUT2D eigenvalue weighted by molar-refractivity contribution is 9.10. The van der Waals surface area contributed by atoms with Crippen LogP contribution in [0.25, 0.3) is 0 Å². The Labute approximate surface area is 130 Å². The number of Topliss-reactive ketones (excluding diaryl/α,β-unsaturated/α-hetero) is 1. The molecule has 0 bridgehead atoms. The van der Waals surface area contributed by atoms with Crippen LogP contribution in [0.4, 0.5) is 4.79 Å². The van der Waals surface area contributed by atoms with Gasteiger partial charge >= 0.3 is 6.09 Å². The fraction of sp³-hybridized carbons (Fsp3) is 0.357. The Morgan fingerprint density at radius 3 is 2.81 bits per heavy atom. The van der Waals surface area contributed by atoms with Crippen molar-refractivity contribution >= 4 is 33.7 Å². The Morgan fingerprint density at radius 1 is 1.43 bits per heavy atom. The third kappa shape index (κ3) is 3.41. The lowest BCUT2D eigenvalue weighted by Crippen LogP contribution is -2.54. The lowest BCUT2D eigenvalue weighted by Gasteiger charge is -2.30. The molecule has 1 aromatic carbocycles.